The number of fused-ring (bicyclic) bond motifs is 1. The van der Waals surface area contributed by atoms with Gasteiger partial charge in [-0.25, -0.2) is 4.98 Å². The Balaban J connectivity index is 1.71. The van der Waals surface area contributed by atoms with Crippen LogP contribution in [0.3, 0.4) is 0 Å². The van der Waals surface area contributed by atoms with Gasteiger partial charge in [0.15, 0.2) is 0 Å². The number of para-hydroxylation sites is 2. The maximum absolute atomic E-state index is 12.2. The van der Waals surface area contributed by atoms with Crippen LogP contribution < -0.4 is 25.2 Å². The Bertz CT molecular complexity index is 1230. The predicted molar refractivity (Wildman–Crippen MR) is 131 cm³/mol. The lowest BCUT2D eigenvalue weighted by Gasteiger charge is -2.30. The van der Waals surface area contributed by atoms with Crippen LogP contribution in [-0.4, -0.2) is 47.5 Å². The Morgan fingerprint density at radius 1 is 1.24 bits per heavy atom. The Morgan fingerprint density at radius 3 is 2.71 bits per heavy atom. The number of benzene rings is 2. The van der Waals surface area contributed by atoms with Crippen LogP contribution in [0.2, 0.25) is 0 Å². The zero-order valence-electron chi connectivity index (χ0n) is 19.1. The topological polar surface area (TPSA) is 126 Å². The summed E-state index contributed by atoms with van der Waals surface area (Å²) in [4.78, 5) is 36.1. The molecule has 0 spiro atoms. The molecule has 1 aliphatic heterocycles. The fourth-order valence-electron chi connectivity index (χ4n) is 3.91. The highest BCUT2D eigenvalue weighted by Gasteiger charge is 2.25. The molecule has 2 N–H and O–H groups in total. The van der Waals surface area contributed by atoms with Crippen molar-refractivity contribution in [2.75, 3.05) is 47.2 Å². The summed E-state index contributed by atoms with van der Waals surface area (Å²) in [7, 11) is 1.50. The third kappa shape index (κ3) is 4.40. The van der Waals surface area contributed by atoms with Gasteiger partial charge in [0.2, 0.25) is 11.9 Å². The van der Waals surface area contributed by atoms with E-state index in [2.05, 4.69) is 20.6 Å². The van der Waals surface area contributed by atoms with Crippen LogP contribution in [0.25, 0.3) is 0 Å². The average Bonchev–Trinajstić information content (AvgIpc) is 2.84. The molecule has 0 atom stereocenters. The number of nitrogens with zero attached hydrogens (tertiary/aromatic N) is 5. The second-order valence-corrected chi connectivity index (χ2v) is 7.49. The highest BCUT2D eigenvalue weighted by atomic mass is 16.6. The minimum atomic E-state index is -0.418. The molecule has 1 amide bonds. The summed E-state index contributed by atoms with van der Waals surface area (Å²) in [6, 6.07) is 12.2. The second kappa shape index (κ2) is 9.61. The normalized spacial score (nSPS) is 12.6. The number of nitro benzene ring substituents is 1. The maximum atomic E-state index is 12.2. The number of carbonyl (C=O) groups is 1. The van der Waals surface area contributed by atoms with E-state index in [0.29, 0.717) is 41.7 Å². The lowest BCUT2D eigenvalue weighted by molar-refractivity contribution is -0.384. The molecule has 0 radical (unpaired) electrons. The van der Waals surface area contributed by atoms with Crippen molar-refractivity contribution in [2.45, 2.75) is 13.8 Å². The number of hydrogen-bond acceptors (Lipinski definition) is 9. The molecule has 0 fully saturated rings. The van der Waals surface area contributed by atoms with Gasteiger partial charge in [-0.15, -0.1) is 0 Å². The van der Waals surface area contributed by atoms with Gasteiger partial charge < -0.3 is 25.2 Å². The van der Waals surface area contributed by atoms with E-state index in [0.717, 1.165) is 5.69 Å². The van der Waals surface area contributed by atoms with Gasteiger partial charge in [0.25, 0.3) is 5.69 Å². The van der Waals surface area contributed by atoms with Crippen LogP contribution in [0, 0.1) is 10.1 Å². The largest absolute Gasteiger partial charge is 0.494 e. The van der Waals surface area contributed by atoms with Crippen LogP contribution in [0.1, 0.15) is 13.8 Å². The summed E-state index contributed by atoms with van der Waals surface area (Å²) in [6.45, 7) is 5.20. The van der Waals surface area contributed by atoms with Crippen LogP contribution in [0.15, 0.2) is 48.7 Å². The fourth-order valence-corrected chi connectivity index (χ4v) is 3.91. The van der Waals surface area contributed by atoms with Crippen LogP contribution in [-0.2, 0) is 4.79 Å². The van der Waals surface area contributed by atoms with Gasteiger partial charge >= 0.3 is 0 Å². The van der Waals surface area contributed by atoms with Gasteiger partial charge in [0.1, 0.15) is 23.8 Å². The highest BCUT2D eigenvalue weighted by molar-refractivity contribution is 6.02. The summed E-state index contributed by atoms with van der Waals surface area (Å²) in [5, 5.41) is 17.7. The van der Waals surface area contributed by atoms with E-state index in [9.17, 15) is 14.9 Å². The van der Waals surface area contributed by atoms with Crippen molar-refractivity contribution in [3.63, 3.8) is 0 Å². The van der Waals surface area contributed by atoms with Gasteiger partial charge in [0, 0.05) is 31.4 Å². The van der Waals surface area contributed by atoms with Gasteiger partial charge in [0.05, 0.1) is 29.1 Å². The van der Waals surface area contributed by atoms with Crippen LogP contribution >= 0.6 is 0 Å². The Kier molecular flexibility index (Phi) is 6.44. The molecule has 0 bridgehead atoms. The van der Waals surface area contributed by atoms with Crippen molar-refractivity contribution in [3.8, 4) is 5.75 Å². The molecule has 1 aliphatic rings. The van der Waals surface area contributed by atoms with Gasteiger partial charge in [-0.3, -0.25) is 14.9 Å². The van der Waals surface area contributed by atoms with Crippen molar-refractivity contribution < 1.29 is 14.5 Å². The molecule has 0 saturated carbocycles. The van der Waals surface area contributed by atoms with Gasteiger partial charge in [-0.2, -0.15) is 4.98 Å². The van der Waals surface area contributed by atoms with Crippen molar-refractivity contribution >= 4 is 46.1 Å². The number of nitro groups is 1. The SMILES string of the molecule is CCN(CC)c1cc(OC)c(Nc2nccc(N3CC(=O)Nc4ccccc43)n2)cc1[N+](=O)[O-]. The smallest absolute Gasteiger partial charge is 0.294 e. The molecule has 176 valence electrons. The Morgan fingerprint density at radius 2 is 2.00 bits per heavy atom. The number of carbonyl (C=O) groups excluding carboxylic acids is 1. The molecular formula is C23H25N7O4. The zero-order chi connectivity index (χ0) is 24.2. The minimum absolute atomic E-state index is 0.0511. The average molecular weight is 463 g/mol. The van der Waals surface area contributed by atoms with Gasteiger partial charge in [-0.1, -0.05) is 12.1 Å². The Labute approximate surface area is 196 Å². The van der Waals surface area contributed by atoms with E-state index in [1.807, 2.05) is 43.0 Å². The first-order valence-corrected chi connectivity index (χ1v) is 10.8. The lowest BCUT2D eigenvalue weighted by atomic mass is 10.2. The predicted octanol–water partition coefficient (Wildman–Crippen LogP) is 4.07. The lowest BCUT2D eigenvalue weighted by Crippen LogP contribution is -2.35. The molecular weight excluding hydrogens is 438 g/mol. The van der Waals surface area contributed by atoms with E-state index in [1.165, 1.54) is 13.2 Å². The van der Waals surface area contributed by atoms with Crippen molar-refractivity contribution in [2.24, 2.45) is 0 Å². The van der Waals surface area contributed by atoms with Crippen molar-refractivity contribution in [1.29, 1.82) is 0 Å². The molecule has 0 aliphatic carbocycles. The minimum Gasteiger partial charge on any atom is -0.494 e. The summed E-state index contributed by atoms with van der Waals surface area (Å²) >= 11 is 0. The van der Waals surface area contributed by atoms with E-state index in [1.54, 1.807) is 23.2 Å². The van der Waals surface area contributed by atoms with Crippen LogP contribution in [0.5, 0.6) is 5.75 Å². The van der Waals surface area contributed by atoms with E-state index in [4.69, 9.17) is 4.74 Å². The third-order valence-corrected chi connectivity index (χ3v) is 5.53. The number of aromatic nitrogens is 2. The summed E-state index contributed by atoms with van der Waals surface area (Å²) in [5.74, 6) is 0.984. The van der Waals surface area contributed by atoms with Crippen LogP contribution in [0.4, 0.5) is 40.2 Å². The first kappa shape index (κ1) is 22.8. The number of anilines is 6. The zero-order valence-corrected chi connectivity index (χ0v) is 19.1. The first-order chi connectivity index (χ1) is 16.4. The quantitative estimate of drug-likeness (QED) is 0.375. The molecule has 2 heterocycles. The first-order valence-electron chi connectivity index (χ1n) is 10.8. The molecule has 4 rings (SSSR count). The third-order valence-electron chi connectivity index (χ3n) is 5.53. The summed E-state index contributed by atoms with van der Waals surface area (Å²) in [5.41, 5.74) is 2.28. The van der Waals surface area contributed by atoms with E-state index < -0.39 is 4.92 Å². The molecule has 0 saturated heterocycles. The fraction of sp³-hybridized carbons (Fsp3) is 0.261. The monoisotopic (exact) mass is 463 g/mol. The van der Waals surface area contributed by atoms with Gasteiger partial charge in [-0.05, 0) is 32.0 Å². The molecule has 1 aromatic heterocycles. The molecule has 0 unspecified atom stereocenters. The molecule has 34 heavy (non-hydrogen) atoms. The van der Waals surface area contributed by atoms with Crippen molar-refractivity contribution in [1.82, 2.24) is 9.97 Å². The molecule has 2 aromatic carbocycles. The summed E-state index contributed by atoms with van der Waals surface area (Å²) < 4.78 is 5.51. The number of ether oxygens (including phenoxy) is 1. The Hall–Kier alpha value is -4.41. The number of methoxy groups -OCH3 is 1. The van der Waals surface area contributed by atoms with E-state index >= 15 is 0 Å². The van der Waals surface area contributed by atoms with Crippen molar-refractivity contribution in [3.05, 3.63) is 58.8 Å². The maximum Gasteiger partial charge on any atom is 0.294 e. The number of rotatable bonds is 8. The summed E-state index contributed by atoms with van der Waals surface area (Å²) in [6.07, 6.45) is 1.56. The molecule has 3 aromatic rings. The van der Waals surface area contributed by atoms with E-state index in [-0.39, 0.29) is 24.1 Å². The standard InChI is InChI=1S/C23H25N7O4/c1-4-28(5-2)18-13-20(34-3)16(12-19(18)30(32)33)26-23-24-11-10-21(27-23)29-14-22(31)25-15-8-6-7-9-17(15)29/h6-13H,4-5,14H2,1-3H3,(H,25,31)(H,24,26,27). The number of hydrogen-bond donors (Lipinski definition) is 2. The molecule has 11 nitrogen and oxygen atoms in total. The molecule has 11 heteroatoms. The second-order valence-electron chi connectivity index (χ2n) is 7.49. The number of nitrogens with one attached hydrogen (secondary N) is 2. The number of amides is 1. The highest BCUT2D eigenvalue weighted by Crippen LogP contribution is 2.39.